The molecule has 0 N–H and O–H groups in total. The lowest BCUT2D eigenvalue weighted by molar-refractivity contribution is 0.462. The molecular formula is C27H29N3O. The fourth-order valence-electron chi connectivity index (χ4n) is 2.75. The lowest BCUT2D eigenvalue weighted by Gasteiger charge is -2.05. The number of hydrogen-bond donors (Lipinski definition) is 0. The Morgan fingerprint density at radius 3 is 2.42 bits per heavy atom. The van der Waals surface area contributed by atoms with Crippen molar-refractivity contribution in [2.45, 2.75) is 40.5 Å². The number of ether oxygens (including phenoxy) is 1. The van der Waals surface area contributed by atoms with Gasteiger partial charge in [0, 0.05) is 24.7 Å². The highest BCUT2D eigenvalue weighted by Gasteiger charge is 1.99. The number of aliphatic imine (C=N–C) groups is 1. The molecule has 0 atom stereocenters. The molecule has 0 radical (unpaired) electrons. The Morgan fingerprint density at radius 1 is 1.10 bits per heavy atom. The minimum atomic E-state index is 0.641. The highest BCUT2D eigenvalue weighted by Crippen LogP contribution is 2.20. The van der Waals surface area contributed by atoms with Crippen molar-refractivity contribution in [1.29, 1.82) is 5.26 Å². The van der Waals surface area contributed by atoms with E-state index in [1.807, 2.05) is 93.8 Å². The minimum absolute atomic E-state index is 0.641. The van der Waals surface area contributed by atoms with Crippen LogP contribution in [0.4, 0.5) is 0 Å². The Balaban J connectivity index is 0.000000221. The molecule has 0 fully saturated rings. The van der Waals surface area contributed by atoms with Crippen LogP contribution in [0.5, 0.6) is 11.6 Å². The molecule has 0 aliphatic carbocycles. The van der Waals surface area contributed by atoms with Crippen molar-refractivity contribution in [3.63, 3.8) is 0 Å². The molecule has 0 saturated heterocycles. The van der Waals surface area contributed by atoms with E-state index in [0.29, 0.717) is 11.4 Å². The number of rotatable bonds is 6. The van der Waals surface area contributed by atoms with E-state index < -0.39 is 0 Å². The molecule has 0 unspecified atom stereocenters. The Labute approximate surface area is 185 Å². The van der Waals surface area contributed by atoms with Gasteiger partial charge in [-0.05, 0) is 74.6 Å². The van der Waals surface area contributed by atoms with Crippen LogP contribution in [0.25, 0.3) is 0 Å². The van der Waals surface area contributed by atoms with E-state index in [1.54, 1.807) is 6.21 Å². The number of aromatic nitrogens is 1. The second-order valence-corrected chi connectivity index (χ2v) is 7.15. The number of nitriles is 1. The third-order valence-electron chi connectivity index (χ3n) is 4.43. The highest BCUT2D eigenvalue weighted by molar-refractivity contribution is 5.54. The number of pyridine rings is 1. The molecule has 4 heteroatoms. The average Bonchev–Trinajstić information content (AvgIpc) is 2.79. The zero-order valence-corrected chi connectivity index (χ0v) is 18.7. The number of aryl methyl sites for hydroxylation is 2. The molecule has 2 aromatic carbocycles. The molecule has 4 nitrogen and oxygen atoms in total. The SMILES string of the molecule is CC=N/C=C(\C)Cc1ccc(C#N)cc1.CCc1ccc(Oc2cccc(C)c2)nc1. The maximum atomic E-state index is 8.65. The van der Waals surface area contributed by atoms with Crippen LogP contribution in [0.2, 0.25) is 0 Å². The lowest BCUT2D eigenvalue weighted by Crippen LogP contribution is -1.89. The molecule has 0 aliphatic rings. The van der Waals surface area contributed by atoms with Gasteiger partial charge >= 0.3 is 0 Å². The molecule has 31 heavy (non-hydrogen) atoms. The zero-order chi connectivity index (χ0) is 22.5. The summed E-state index contributed by atoms with van der Waals surface area (Å²) in [5.74, 6) is 1.47. The van der Waals surface area contributed by atoms with Gasteiger partial charge in [0.2, 0.25) is 5.88 Å². The van der Waals surface area contributed by atoms with Gasteiger partial charge < -0.3 is 4.74 Å². The van der Waals surface area contributed by atoms with Crippen molar-refractivity contribution in [2.75, 3.05) is 0 Å². The molecule has 158 valence electrons. The third kappa shape index (κ3) is 8.67. The average molecular weight is 412 g/mol. The highest BCUT2D eigenvalue weighted by atomic mass is 16.5. The van der Waals surface area contributed by atoms with Gasteiger partial charge in [0.05, 0.1) is 11.6 Å². The van der Waals surface area contributed by atoms with Gasteiger partial charge in [0.1, 0.15) is 5.75 Å². The number of allylic oxidation sites excluding steroid dienone is 1. The van der Waals surface area contributed by atoms with Crippen LogP contribution in [-0.4, -0.2) is 11.2 Å². The van der Waals surface area contributed by atoms with Crippen LogP contribution < -0.4 is 4.74 Å². The van der Waals surface area contributed by atoms with Crippen LogP contribution in [0.1, 0.15) is 43.0 Å². The van der Waals surface area contributed by atoms with E-state index in [-0.39, 0.29) is 0 Å². The molecule has 3 aromatic rings. The summed E-state index contributed by atoms with van der Waals surface area (Å²) in [6.45, 7) is 8.09. The fraction of sp³-hybridized carbons (Fsp3) is 0.222. The van der Waals surface area contributed by atoms with Crippen LogP contribution in [0, 0.1) is 18.3 Å². The predicted molar refractivity (Wildman–Crippen MR) is 128 cm³/mol. The van der Waals surface area contributed by atoms with Crippen LogP contribution in [0.3, 0.4) is 0 Å². The Kier molecular flexibility index (Phi) is 9.71. The van der Waals surface area contributed by atoms with E-state index in [1.165, 1.54) is 22.3 Å². The van der Waals surface area contributed by atoms with Gasteiger partial charge in [-0.1, -0.05) is 42.8 Å². The van der Waals surface area contributed by atoms with Crippen LogP contribution >= 0.6 is 0 Å². The second kappa shape index (κ2) is 12.8. The summed E-state index contributed by atoms with van der Waals surface area (Å²) < 4.78 is 5.65. The first-order valence-corrected chi connectivity index (χ1v) is 10.4. The van der Waals surface area contributed by atoms with E-state index >= 15 is 0 Å². The quantitative estimate of drug-likeness (QED) is 0.417. The minimum Gasteiger partial charge on any atom is -0.439 e. The van der Waals surface area contributed by atoms with Gasteiger partial charge in [-0.3, -0.25) is 4.99 Å². The lowest BCUT2D eigenvalue weighted by atomic mass is 10.1. The monoisotopic (exact) mass is 411 g/mol. The number of nitrogens with zero attached hydrogens (tertiary/aromatic N) is 3. The standard InChI is InChI=1S/C14H15NO.C13H14N2/c1-3-12-7-8-14(15-10-12)16-13-6-4-5-11(2)9-13;1-3-15-10-11(2)8-12-4-6-13(9-14)7-5-12/h4-10H,3H2,1-2H3;3-7,10H,8H2,1-2H3/b;11-10+,15-3?. The molecule has 0 aliphatic heterocycles. The second-order valence-electron chi connectivity index (χ2n) is 7.15. The van der Waals surface area contributed by atoms with Crippen LogP contribution in [-0.2, 0) is 12.8 Å². The summed E-state index contributed by atoms with van der Waals surface area (Å²) in [6, 6.07) is 21.6. The van der Waals surface area contributed by atoms with Crippen LogP contribution in [0.15, 0.2) is 83.6 Å². The van der Waals surface area contributed by atoms with E-state index in [2.05, 4.69) is 23.0 Å². The predicted octanol–water partition coefficient (Wildman–Crippen LogP) is 6.84. The summed E-state index contributed by atoms with van der Waals surface area (Å²) >= 11 is 0. The van der Waals surface area contributed by atoms with Crippen molar-refractivity contribution in [1.82, 2.24) is 4.98 Å². The van der Waals surface area contributed by atoms with Crippen molar-refractivity contribution >= 4 is 6.21 Å². The topological polar surface area (TPSA) is 58.3 Å². The first-order chi connectivity index (χ1) is 15.0. The summed E-state index contributed by atoms with van der Waals surface area (Å²) in [7, 11) is 0. The Hall–Kier alpha value is -3.71. The smallest absolute Gasteiger partial charge is 0.219 e. The summed E-state index contributed by atoms with van der Waals surface area (Å²) in [5, 5.41) is 8.65. The zero-order valence-electron chi connectivity index (χ0n) is 18.7. The molecule has 0 amide bonds. The maximum absolute atomic E-state index is 8.65. The summed E-state index contributed by atoms with van der Waals surface area (Å²) in [6.07, 6.45) is 7.35. The van der Waals surface area contributed by atoms with Gasteiger partial charge in [-0.15, -0.1) is 0 Å². The van der Waals surface area contributed by atoms with E-state index in [4.69, 9.17) is 10.00 Å². The Bertz CT molecular complexity index is 1040. The molecule has 0 bridgehead atoms. The summed E-state index contributed by atoms with van der Waals surface area (Å²) in [5.41, 5.74) is 5.51. The van der Waals surface area contributed by atoms with Crippen molar-refractivity contribution in [3.8, 4) is 17.7 Å². The van der Waals surface area contributed by atoms with Gasteiger partial charge in [-0.2, -0.15) is 5.26 Å². The van der Waals surface area contributed by atoms with E-state index in [0.717, 1.165) is 18.6 Å². The van der Waals surface area contributed by atoms with E-state index in [9.17, 15) is 0 Å². The van der Waals surface area contributed by atoms with Crippen molar-refractivity contribution < 1.29 is 4.74 Å². The largest absolute Gasteiger partial charge is 0.439 e. The fourth-order valence-corrected chi connectivity index (χ4v) is 2.75. The molecule has 1 aromatic heterocycles. The summed E-state index contributed by atoms with van der Waals surface area (Å²) in [4.78, 5) is 8.31. The first-order valence-electron chi connectivity index (χ1n) is 10.4. The van der Waals surface area contributed by atoms with Crippen molar-refractivity contribution in [2.24, 2.45) is 4.99 Å². The maximum Gasteiger partial charge on any atom is 0.219 e. The Morgan fingerprint density at radius 2 is 1.84 bits per heavy atom. The van der Waals surface area contributed by atoms with Crippen molar-refractivity contribution in [3.05, 3.63) is 101 Å². The normalized spacial score (nSPS) is 10.9. The molecular weight excluding hydrogens is 382 g/mol. The molecule has 1 heterocycles. The molecule has 0 spiro atoms. The van der Waals surface area contributed by atoms with Gasteiger partial charge in [-0.25, -0.2) is 4.98 Å². The third-order valence-corrected chi connectivity index (χ3v) is 4.43. The number of hydrogen-bond acceptors (Lipinski definition) is 4. The first kappa shape index (κ1) is 23.6. The molecule has 0 saturated carbocycles. The van der Waals surface area contributed by atoms with Gasteiger partial charge in [0.15, 0.2) is 0 Å². The molecule has 3 rings (SSSR count). The number of benzene rings is 2. The van der Waals surface area contributed by atoms with Gasteiger partial charge in [0.25, 0.3) is 0 Å².